The van der Waals surface area contributed by atoms with E-state index in [0.717, 1.165) is 32.2 Å². The number of hydrogen-bond acceptors (Lipinski definition) is 9. The van der Waals surface area contributed by atoms with Crippen LogP contribution in [-0.2, 0) is 4.79 Å². The molecule has 1 saturated carbocycles. The van der Waals surface area contributed by atoms with Crippen molar-refractivity contribution >= 4 is 34.6 Å². The van der Waals surface area contributed by atoms with E-state index < -0.39 is 18.0 Å². The normalized spacial score (nSPS) is 22.4. The van der Waals surface area contributed by atoms with Gasteiger partial charge in [0.15, 0.2) is 10.5 Å². The molecule has 4 aliphatic rings. The first-order chi connectivity index (χ1) is 19.4. The fourth-order valence-electron chi connectivity index (χ4n) is 5.05. The number of carbonyl (C=O) groups excluding carboxylic acids is 2. The van der Waals surface area contributed by atoms with E-state index in [0.29, 0.717) is 30.0 Å². The van der Waals surface area contributed by atoms with Crippen molar-refractivity contribution in [2.75, 3.05) is 31.6 Å². The summed E-state index contributed by atoms with van der Waals surface area (Å²) in [5, 5.41) is 6.99. The second-order valence-corrected chi connectivity index (χ2v) is 11.0. The molecule has 2 aromatic rings. The molecule has 40 heavy (non-hydrogen) atoms. The zero-order valence-corrected chi connectivity index (χ0v) is 22.5. The molecule has 0 aromatic carbocycles. The van der Waals surface area contributed by atoms with Gasteiger partial charge in [0.05, 0.1) is 24.9 Å². The summed E-state index contributed by atoms with van der Waals surface area (Å²) in [5.74, 6) is 6.65. The second-order valence-electron chi connectivity index (χ2n) is 9.94. The Morgan fingerprint density at radius 1 is 1.15 bits per heavy atom. The molecule has 2 aromatic heterocycles. The Hall–Kier alpha value is -3.76. The molecule has 3 fully saturated rings. The quantitative estimate of drug-likeness (QED) is 0.531. The van der Waals surface area contributed by atoms with Gasteiger partial charge in [-0.2, -0.15) is 5.10 Å². The van der Waals surface area contributed by atoms with E-state index in [-0.39, 0.29) is 39.8 Å². The van der Waals surface area contributed by atoms with Crippen LogP contribution in [0.1, 0.15) is 48.2 Å². The first-order valence-corrected chi connectivity index (χ1v) is 14.0. The third kappa shape index (κ3) is 5.33. The van der Waals surface area contributed by atoms with Gasteiger partial charge in [-0.3, -0.25) is 35.1 Å². The molecular formula is C27H27F2N7O3S. The molecule has 0 radical (unpaired) electrons. The number of alkyl halides is 2. The first kappa shape index (κ1) is 26.5. The fraction of sp³-hybridized carbons (Fsp3) is 0.444. The van der Waals surface area contributed by atoms with E-state index in [1.807, 2.05) is 0 Å². The van der Waals surface area contributed by atoms with Gasteiger partial charge in [-0.1, -0.05) is 11.8 Å². The van der Waals surface area contributed by atoms with Crippen molar-refractivity contribution in [2.24, 2.45) is 11.0 Å². The molecule has 208 valence electrons. The molecular weight excluding hydrogens is 540 g/mol. The number of hydrogen-bond donors (Lipinski definition) is 2. The minimum Gasteiger partial charge on any atom is -0.494 e. The van der Waals surface area contributed by atoms with E-state index in [1.165, 1.54) is 37.3 Å². The lowest BCUT2D eigenvalue weighted by Crippen LogP contribution is -2.54. The topological polar surface area (TPSA) is 112 Å². The Morgan fingerprint density at radius 2 is 2.00 bits per heavy atom. The van der Waals surface area contributed by atoms with Crippen molar-refractivity contribution in [1.82, 2.24) is 25.6 Å². The average Bonchev–Trinajstić information content (AvgIpc) is 3.47. The van der Waals surface area contributed by atoms with Crippen LogP contribution in [0, 0.1) is 17.8 Å². The molecule has 13 heteroatoms. The van der Waals surface area contributed by atoms with Crippen molar-refractivity contribution < 1.29 is 23.1 Å². The number of aromatic nitrogens is 2. The molecule has 2 atom stereocenters. The molecule has 0 bridgehead atoms. The number of amidine groups is 1. The molecule has 2 N–H and O–H groups in total. The van der Waals surface area contributed by atoms with Crippen LogP contribution in [0.25, 0.3) is 11.1 Å². The van der Waals surface area contributed by atoms with Gasteiger partial charge in [0.1, 0.15) is 17.3 Å². The number of rotatable bonds is 5. The van der Waals surface area contributed by atoms with E-state index >= 15 is 0 Å². The number of nitrogens with zero attached hydrogens (tertiary/aromatic N) is 5. The Bertz CT molecular complexity index is 1440. The number of ether oxygens (including phenoxy) is 1. The highest BCUT2D eigenvalue weighted by Gasteiger charge is 2.39. The maximum atomic E-state index is 13.6. The largest absolute Gasteiger partial charge is 0.494 e. The summed E-state index contributed by atoms with van der Waals surface area (Å²) in [4.78, 5) is 38.8. The molecule has 5 heterocycles. The van der Waals surface area contributed by atoms with Crippen molar-refractivity contribution in [3.63, 3.8) is 0 Å². The number of pyridine rings is 2. The Kier molecular flexibility index (Phi) is 7.29. The van der Waals surface area contributed by atoms with E-state index in [1.54, 1.807) is 11.0 Å². The molecule has 1 aliphatic carbocycles. The summed E-state index contributed by atoms with van der Waals surface area (Å²) in [6, 6.07) is 2.57. The van der Waals surface area contributed by atoms with Crippen molar-refractivity contribution in [1.29, 1.82) is 0 Å². The standard InChI is InChI=1S/C27H27F2N7O3S/c1-39-21-14-30-19(24(28)29)11-17(21)16-12-22(36-10-9-35-8-2-3-20(35)26(36)38)31-13-18(16)25(37)32-27-34-33-23(40-27)7-6-15-4-5-15/h11-15,20,23-24,33H,2-5,8-10H2,1H3,(H,32,34,37). The summed E-state index contributed by atoms with van der Waals surface area (Å²) in [6.45, 7) is 2.03. The summed E-state index contributed by atoms with van der Waals surface area (Å²) >= 11 is 1.28. The first-order valence-electron chi connectivity index (χ1n) is 13.1. The Balaban J connectivity index is 1.33. The molecule has 0 spiro atoms. The maximum Gasteiger partial charge on any atom is 0.280 e. The Morgan fingerprint density at radius 3 is 2.77 bits per heavy atom. The highest BCUT2D eigenvalue weighted by Crippen LogP contribution is 2.37. The lowest BCUT2D eigenvalue weighted by Gasteiger charge is -2.36. The van der Waals surface area contributed by atoms with Crippen LogP contribution in [-0.4, -0.2) is 70.0 Å². The monoisotopic (exact) mass is 567 g/mol. The third-order valence-corrected chi connectivity index (χ3v) is 8.16. The number of halogens is 2. The van der Waals surface area contributed by atoms with Crippen LogP contribution in [0.2, 0.25) is 0 Å². The number of fused-ring (bicyclic) bond motifs is 1. The maximum absolute atomic E-state index is 13.6. The number of methoxy groups -OCH3 is 1. The number of carbonyl (C=O) groups is 2. The average molecular weight is 568 g/mol. The fourth-order valence-corrected chi connectivity index (χ4v) is 5.77. The zero-order chi connectivity index (χ0) is 27.8. The lowest BCUT2D eigenvalue weighted by molar-refractivity contribution is -0.124. The number of amides is 2. The van der Waals surface area contributed by atoms with Crippen molar-refractivity contribution in [3.8, 4) is 28.7 Å². The lowest BCUT2D eigenvalue weighted by atomic mass is 9.99. The molecule has 2 unspecified atom stereocenters. The van der Waals surface area contributed by atoms with Crippen LogP contribution >= 0.6 is 11.8 Å². The Labute approximate surface area is 233 Å². The van der Waals surface area contributed by atoms with Crippen LogP contribution in [0.15, 0.2) is 29.6 Å². The van der Waals surface area contributed by atoms with Gasteiger partial charge in [-0.15, -0.1) is 0 Å². The van der Waals surface area contributed by atoms with Gasteiger partial charge in [-0.05, 0) is 56.1 Å². The van der Waals surface area contributed by atoms with Gasteiger partial charge in [0, 0.05) is 36.3 Å². The highest BCUT2D eigenvalue weighted by atomic mass is 32.2. The van der Waals surface area contributed by atoms with Crippen LogP contribution < -0.4 is 20.4 Å². The SMILES string of the molecule is COc1cnc(C(F)F)cc1-c1cc(N2CCN3CCCC3C2=O)ncc1C(=O)NC1=NNC(C#CC2CC2)S1. The smallest absolute Gasteiger partial charge is 0.280 e. The van der Waals surface area contributed by atoms with Crippen molar-refractivity contribution in [2.45, 2.75) is 43.5 Å². The predicted molar refractivity (Wildman–Crippen MR) is 146 cm³/mol. The summed E-state index contributed by atoms with van der Waals surface area (Å²) < 4.78 is 32.7. The molecule has 3 aliphatic heterocycles. The molecule has 2 amide bonds. The van der Waals surface area contributed by atoms with E-state index in [4.69, 9.17) is 4.74 Å². The van der Waals surface area contributed by atoms with Gasteiger partial charge < -0.3 is 4.74 Å². The highest BCUT2D eigenvalue weighted by molar-refractivity contribution is 8.14. The molecule has 6 rings (SSSR count). The van der Waals surface area contributed by atoms with Crippen LogP contribution in [0.5, 0.6) is 5.75 Å². The zero-order valence-electron chi connectivity index (χ0n) is 21.7. The number of hydrazone groups is 1. The number of anilines is 1. The van der Waals surface area contributed by atoms with E-state index in [2.05, 4.69) is 42.6 Å². The number of nitrogens with one attached hydrogen (secondary N) is 2. The summed E-state index contributed by atoms with van der Waals surface area (Å²) in [7, 11) is 1.39. The van der Waals surface area contributed by atoms with Crippen molar-refractivity contribution in [3.05, 3.63) is 35.8 Å². The van der Waals surface area contributed by atoms with Crippen LogP contribution in [0.4, 0.5) is 14.6 Å². The van der Waals surface area contributed by atoms with Gasteiger partial charge >= 0.3 is 0 Å². The summed E-state index contributed by atoms with van der Waals surface area (Å²) in [5.41, 5.74) is 3.06. The van der Waals surface area contributed by atoms with Gasteiger partial charge in [0.25, 0.3) is 12.3 Å². The number of thioether (sulfide) groups is 1. The second kappa shape index (κ2) is 11.0. The van der Waals surface area contributed by atoms with Crippen LogP contribution in [0.3, 0.4) is 0 Å². The summed E-state index contributed by atoms with van der Waals surface area (Å²) in [6.07, 6.45) is 3.67. The molecule has 2 saturated heterocycles. The van der Waals surface area contributed by atoms with E-state index in [9.17, 15) is 18.4 Å². The predicted octanol–water partition coefficient (Wildman–Crippen LogP) is 2.98. The van der Waals surface area contributed by atoms with Gasteiger partial charge in [0.2, 0.25) is 5.91 Å². The molecule has 10 nitrogen and oxygen atoms in total. The minimum absolute atomic E-state index is 0.0597. The minimum atomic E-state index is -2.83. The number of piperazine rings is 1. The van der Waals surface area contributed by atoms with Gasteiger partial charge in [-0.25, -0.2) is 13.8 Å². The third-order valence-electron chi connectivity index (χ3n) is 7.29.